The maximum atomic E-state index is 12.9. The second-order valence-electron chi connectivity index (χ2n) is 8.11. The van der Waals surface area contributed by atoms with Gasteiger partial charge in [-0.3, -0.25) is 24.6 Å². The molecule has 3 aromatic carbocycles. The third-order valence-corrected chi connectivity index (χ3v) is 6.32. The van der Waals surface area contributed by atoms with E-state index in [0.717, 1.165) is 22.9 Å². The summed E-state index contributed by atoms with van der Waals surface area (Å²) < 4.78 is 11.6. The molecule has 4 rings (SSSR count). The summed E-state index contributed by atoms with van der Waals surface area (Å²) >= 11 is 0.905. The molecule has 8 nitrogen and oxygen atoms in total. The lowest BCUT2D eigenvalue weighted by Crippen LogP contribution is -2.27. The summed E-state index contributed by atoms with van der Waals surface area (Å²) in [6.45, 7) is 4.56. The van der Waals surface area contributed by atoms with Crippen molar-refractivity contribution in [1.82, 2.24) is 4.90 Å². The molecule has 1 aliphatic rings. The first-order valence-corrected chi connectivity index (χ1v) is 12.1. The number of imide groups is 1. The monoisotopic (exact) mass is 504 g/mol. The Labute approximate surface area is 212 Å². The Bertz CT molecular complexity index is 1340. The number of rotatable bonds is 9. The molecule has 1 saturated heterocycles. The van der Waals surface area contributed by atoms with Crippen molar-refractivity contribution in [2.45, 2.75) is 27.0 Å². The van der Waals surface area contributed by atoms with Crippen LogP contribution in [0, 0.1) is 17.0 Å². The Morgan fingerprint density at radius 1 is 0.972 bits per heavy atom. The van der Waals surface area contributed by atoms with Gasteiger partial charge in [-0.2, -0.15) is 0 Å². The number of amides is 2. The number of hydrogen-bond acceptors (Lipinski definition) is 7. The van der Waals surface area contributed by atoms with Crippen molar-refractivity contribution in [3.8, 4) is 11.5 Å². The van der Waals surface area contributed by atoms with Gasteiger partial charge < -0.3 is 9.47 Å². The van der Waals surface area contributed by atoms with E-state index in [1.807, 2.05) is 38.1 Å². The summed E-state index contributed by atoms with van der Waals surface area (Å²) in [6.07, 6.45) is 1.66. The number of nitro benzene ring substituents is 1. The van der Waals surface area contributed by atoms with Gasteiger partial charge in [0.25, 0.3) is 16.8 Å². The summed E-state index contributed by atoms with van der Waals surface area (Å²) in [7, 11) is 0. The molecule has 3 aromatic rings. The minimum Gasteiger partial charge on any atom is -0.490 e. The van der Waals surface area contributed by atoms with E-state index in [1.54, 1.807) is 36.4 Å². The molecule has 0 atom stereocenters. The predicted octanol–water partition coefficient (Wildman–Crippen LogP) is 6.12. The van der Waals surface area contributed by atoms with E-state index in [1.165, 1.54) is 17.0 Å². The minimum atomic E-state index is -0.452. The number of carbonyl (C=O) groups is 2. The molecule has 184 valence electrons. The fourth-order valence-electron chi connectivity index (χ4n) is 3.59. The molecule has 1 aliphatic heterocycles. The van der Waals surface area contributed by atoms with Crippen molar-refractivity contribution in [2.75, 3.05) is 6.61 Å². The van der Waals surface area contributed by atoms with Gasteiger partial charge in [0, 0.05) is 12.1 Å². The van der Waals surface area contributed by atoms with Crippen LogP contribution in [0.25, 0.3) is 6.08 Å². The molecule has 0 spiro atoms. The molecule has 0 saturated carbocycles. The highest BCUT2D eigenvalue weighted by molar-refractivity contribution is 8.18. The Kier molecular flexibility index (Phi) is 7.70. The van der Waals surface area contributed by atoms with Crippen LogP contribution in [0.1, 0.15) is 29.2 Å². The average Bonchev–Trinajstić information content (AvgIpc) is 3.12. The zero-order chi connectivity index (χ0) is 25.7. The minimum absolute atomic E-state index is 0.00666. The molecule has 0 N–H and O–H groups in total. The van der Waals surface area contributed by atoms with Gasteiger partial charge in [0.1, 0.15) is 6.61 Å². The molecule has 0 bridgehead atoms. The first-order valence-electron chi connectivity index (χ1n) is 11.3. The van der Waals surface area contributed by atoms with E-state index < -0.39 is 4.92 Å². The third-order valence-electron chi connectivity index (χ3n) is 5.42. The van der Waals surface area contributed by atoms with Crippen molar-refractivity contribution in [2.24, 2.45) is 0 Å². The lowest BCUT2D eigenvalue weighted by atomic mass is 10.1. The van der Waals surface area contributed by atoms with Gasteiger partial charge in [-0.05, 0) is 60.5 Å². The maximum Gasteiger partial charge on any atom is 0.293 e. The highest BCUT2D eigenvalue weighted by atomic mass is 32.2. The zero-order valence-electron chi connectivity index (χ0n) is 19.8. The van der Waals surface area contributed by atoms with Gasteiger partial charge in [0.2, 0.25) is 0 Å². The fourth-order valence-corrected chi connectivity index (χ4v) is 4.42. The van der Waals surface area contributed by atoms with E-state index in [-0.39, 0.29) is 30.0 Å². The van der Waals surface area contributed by atoms with E-state index >= 15 is 0 Å². The molecule has 36 heavy (non-hydrogen) atoms. The van der Waals surface area contributed by atoms with E-state index in [9.17, 15) is 19.7 Å². The van der Waals surface area contributed by atoms with Gasteiger partial charge in [0.15, 0.2) is 11.5 Å². The number of nitrogens with zero attached hydrogens (tertiary/aromatic N) is 2. The summed E-state index contributed by atoms with van der Waals surface area (Å²) in [5.74, 6) is 0.595. The molecular formula is C27H24N2O6S. The first-order chi connectivity index (χ1) is 17.3. The van der Waals surface area contributed by atoms with E-state index in [0.29, 0.717) is 34.1 Å². The van der Waals surface area contributed by atoms with Crippen LogP contribution in [0.3, 0.4) is 0 Å². The van der Waals surface area contributed by atoms with Crippen LogP contribution in [-0.4, -0.2) is 27.6 Å². The van der Waals surface area contributed by atoms with Crippen molar-refractivity contribution >= 4 is 34.7 Å². The molecule has 0 aliphatic carbocycles. The number of ether oxygens (including phenoxy) is 2. The number of benzene rings is 3. The molecule has 1 heterocycles. The predicted molar refractivity (Wildman–Crippen MR) is 138 cm³/mol. The number of carbonyl (C=O) groups excluding carboxylic acids is 2. The molecule has 0 unspecified atom stereocenters. The quantitative estimate of drug-likeness (QED) is 0.197. The third kappa shape index (κ3) is 5.92. The first kappa shape index (κ1) is 25.0. The van der Waals surface area contributed by atoms with Gasteiger partial charge in [-0.15, -0.1) is 0 Å². The lowest BCUT2D eigenvalue weighted by Gasteiger charge is -2.13. The number of nitro groups is 1. The normalized spacial score (nSPS) is 14.4. The van der Waals surface area contributed by atoms with Crippen molar-refractivity contribution in [1.29, 1.82) is 0 Å². The second-order valence-corrected chi connectivity index (χ2v) is 9.10. The van der Waals surface area contributed by atoms with Crippen LogP contribution < -0.4 is 9.47 Å². The van der Waals surface area contributed by atoms with Crippen LogP contribution in [-0.2, 0) is 17.9 Å². The highest BCUT2D eigenvalue weighted by Crippen LogP contribution is 2.35. The van der Waals surface area contributed by atoms with Crippen LogP contribution in [0.4, 0.5) is 10.5 Å². The Morgan fingerprint density at radius 3 is 2.47 bits per heavy atom. The average molecular weight is 505 g/mol. The molecule has 9 heteroatoms. The van der Waals surface area contributed by atoms with Crippen molar-refractivity contribution in [3.05, 3.63) is 104 Å². The largest absolute Gasteiger partial charge is 0.490 e. The van der Waals surface area contributed by atoms with E-state index in [4.69, 9.17) is 9.47 Å². The number of hydrogen-bond donors (Lipinski definition) is 0. The molecule has 0 radical (unpaired) electrons. The van der Waals surface area contributed by atoms with Gasteiger partial charge in [-0.25, -0.2) is 0 Å². The Hall–Kier alpha value is -4.11. The highest BCUT2D eigenvalue weighted by Gasteiger charge is 2.35. The van der Waals surface area contributed by atoms with Crippen molar-refractivity contribution < 1.29 is 24.0 Å². The SMILES string of the molecule is CCOc1cc(/C=C2\SC(=O)N(Cc3ccc(C)cc3)C2=O)ccc1OCc1cccc([N+](=O)[O-])c1. The number of thioether (sulfide) groups is 1. The summed E-state index contributed by atoms with van der Waals surface area (Å²) in [5, 5.41) is 10.7. The Balaban J connectivity index is 1.49. The maximum absolute atomic E-state index is 12.9. The summed E-state index contributed by atoms with van der Waals surface area (Å²) in [4.78, 5) is 37.5. The molecular weight excluding hydrogens is 480 g/mol. The number of non-ortho nitro benzene ring substituents is 1. The summed E-state index contributed by atoms with van der Waals surface area (Å²) in [6, 6.07) is 19.2. The van der Waals surface area contributed by atoms with Gasteiger partial charge >= 0.3 is 0 Å². The Morgan fingerprint density at radius 2 is 1.75 bits per heavy atom. The number of aryl methyl sites for hydroxylation is 1. The van der Waals surface area contributed by atoms with Crippen LogP contribution in [0.15, 0.2) is 71.6 Å². The topological polar surface area (TPSA) is 99.0 Å². The van der Waals surface area contributed by atoms with Gasteiger partial charge in [0.05, 0.1) is 23.0 Å². The smallest absolute Gasteiger partial charge is 0.293 e. The van der Waals surface area contributed by atoms with Crippen molar-refractivity contribution in [3.63, 3.8) is 0 Å². The van der Waals surface area contributed by atoms with Crippen LogP contribution >= 0.6 is 11.8 Å². The second kappa shape index (κ2) is 11.1. The molecule has 0 aromatic heterocycles. The zero-order valence-corrected chi connectivity index (χ0v) is 20.6. The van der Waals surface area contributed by atoms with Crippen LogP contribution in [0.2, 0.25) is 0 Å². The standard InChI is InChI=1S/C27H24N2O6S/c1-3-34-24-14-20(11-12-23(24)35-17-21-5-4-6-22(13-21)29(32)33)15-25-26(30)28(27(31)36-25)16-19-9-7-18(2)8-10-19/h4-15H,3,16-17H2,1-2H3/b25-15-. The molecule has 1 fully saturated rings. The summed E-state index contributed by atoms with van der Waals surface area (Å²) in [5.41, 5.74) is 3.32. The molecule has 2 amide bonds. The van der Waals surface area contributed by atoms with Crippen LogP contribution in [0.5, 0.6) is 11.5 Å². The van der Waals surface area contributed by atoms with E-state index in [2.05, 4.69) is 0 Å². The van der Waals surface area contributed by atoms with Gasteiger partial charge in [-0.1, -0.05) is 48.0 Å². The fraction of sp³-hybridized carbons (Fsp3) is 0.185. The lowest BCUT2D eigenvalue weighted by molar-refractivity contribution is -0.384.